The van der Waals surface area contributed by atoms with Crippen LogP contribution in [0.25, 0.3) is 22.2 Å². The normalized spacial score (nSPS) is 14.9. The van der Waals surface area contributed by atoms with E-state index in [0.717, 1.165) is 48.0 Å². The summed E-state index contributed by atoms with van der Waals surface area (Å²) in [6.07, 6.45) is 5.27. The van der Waals surface area contributed by atoms with Crippen molar-refractivity contribution in [1.29, 1.82) is 0 Å². The van der Waals surface area contributed by atoms with E-state index in [1.807, 2.05) is 52.2 Å². The molecule has 4 heterocycles. The molecule has 0 spiro atoms. The molecule has 1 saturated heterocycles. The Balaban J connectivity index is 1.30. The van der Waals surface area contributed by atoms with Gasteiger partial charge in [0.2, 0.25) is 5.95 Å². The van der Waals surface area contributed by atoms with Crippen LogP contribution >= 0.6 is 22.9 Å². The van der Waals surface area contributed by atoms with Crippen molar-refractivity contribution >= 4 is 45.7 Å². The van der Waals surface area contributed by atoms with Crippen LogP contribution in [0.1, 0.15) is 23.2 Å². The number of aromatic nitrogens is 3. The number of nitrogens with one attached hydrogen (secondary N) is 2. The van der Waals surface area contributed by atoms with Gasteiger partial charge >= 0.3 is 0 Å². The van der Waals surface area contributed by atoms with E-state index in [4.69, 9.17) is 16.6 Å². The lowest BCUT2D eigenvalue weighted by Gasteiger charge is -2.32. The molecular weight excluding hydrogens is 418 g/mol. The predicted molar refractivity (Wildman–Crippen MR) is 121 cm³/mol. The second kappa shape index (κ2) is 8.08. The zero-order valence-corrected chi connectivity index (χ0v) is 17.7. The topological polar surface area (TPSA) is 73.9 Å². The first-order valence-electron chi connectivity index (χ1n) is 9.86. The molecule has 1 aromatic carbocycles. The quantitative estimate of drug-likeness (QED) is 0.468. The lowest BCUT2D eigenvalue weighted by atomic mass is 10.0. The van der Waals surface area contributed by atoms with E-state index in [1.54, 1.807) is 17.5 Å². The molecule has 152 valence electrons. The van der Waals surface area contributed by atoms with Crippen LogP contribution in [0, 0.1) is 0 Å². The summed E-state index contributed by atoms with van der Waals surface area (Å²) in [6.45, 7) is 1.44. The van der Waals surface area contributed by atoms with Crippen LogP contribution in [-0.4, -0.2) is 44.9 Å². The third-order valence-corrected chi connectivity index (χ3v) is 6.43. The smallest absolute Gasteiger partial charge is 0.254 e. The minimum absolute atomic E-state index is 0.110. The van der Waals surface area contributed by atoms with Gasteiger partial charge in [0.05, 0.1) is 22.5 Å². The molecule has 0 atom stereocenters. The molecule has 3 aromatic heterocycles. The molecular formula is C22H20ClN5OS. The Hall–Kier alpha value is -2.90. The SMILES string of the molecule is O=C(c1ccsc1)N1CCC(Nc2ncc(Cl)c(-c3c[nH]c4ccccc34)n2)CC1. The molecule has 0 aliphatic carbocycles. The van der Waals surface area contributed by atoms with Gasteiger partial charge in [-0.2, -0.15) is 11.3 Å². The monoisotopic (exact) mass is 437 g/mol. The zero-order chi connectivity index (χ0) is 20.5. The number of carbonyl (C=O) groups excluding carboxylic acids is 1. The van der Waals surface area contributed by atoms with Gasteiger partial charge in [-0.3, -0.25) is 4.79 Å². The Morgan fingerprint density at radius 3 is 2.87 bits per heavy atom. The van der Waals surface area contributed by atoms with Crippen molar-refractivity contribution in [3.05, 3.63) is 64.1 Å². The Kier molecular flexibility index (Phi) is 5.14. The number of H-pyrrole nitrogens is 1. The molecule has 0 unspecified atom stereocenters. The number of hydrogen-bond donors (Lipinski definition) is 2. The molecule has 30 heavy (non-hydrogen) atoms. The van der Waals surface area contributed by atoms with Crippen molar-refractivity contribution in [3.8, 4) is 11.3 Å². The third-order valence-electron chi connectivity index (χ3n) is 5.47. The number of carbonyl (C=O) groups is 1. The molecule has 0 saturated carbocycles. The number of rotatable bonds is 4. The van der Waals surface area contributed by atoms with Crippen molar-refractivity contribution < 1.29 is 4.79 Å². The number of fused-ring (bicyclic) bond motifs is 1. The molecule has 1 aliphatic heterocycles. The highest BCUT2D eigenvalue weighted by Crippen LogP contribution is 2.32. The number of aromatic amines is 1. The average molecular weight is 438 g/mol. The summed E-state index contributed by atoms with van der Waals surface area (Å²) >= 11 is 7.97. The van der Waals surface area contributed by atoms with Crippen LogP contribution in [0.5, 0.6) is 0 Å². The van der Waals surface area contributed by atoms with Crippen molar-refractivity contribution in [2.45, 2.75) is 18.9 Å². The first-order chi connectivity index (χ1) is 14.7. The number of piperidine rings is 1. The minimum atomic E-state index is 0.110. The van der Waals surface area contributed by atoms with E-state index >= 15 is 0 Å². The first kappa shape index (κ1) is 19.1. The maximum absolute atomic E-state index is 12.5. The summed E-state index contributed by atoms with van der Waals surface area (Å²) in [5.41, 5.74) is 3.48. The van der Waals surface area contributed by atoms with Gasteiger partial charge < -0.3 is 15.2 Å². The Morgan fingerprint density at radius 2 is 2.07 bits per heavy atom. The average Bonchev–Trinajstić information content (AvgIpc) is 3.45. The molecule has 1 amide bonds. The number of hydrogen-bond acceptors (Lipinski definition) is 5. The third kappa shape index (κ3) is 3.66. The maximum Gasteiger partial charge on any atom is 0.254 e. The molecule has 0 bridgehead atoms. The van der Waals surface area contributed by atoms with E-state index in [9.17, 15) is 4.79 Å². The second-order valence-corrected chi connectivity index (χ2v) is 8.55. The number of thiophene rings is 1. The highest BCUT2D eigenvalue weighted by Gasteiger charge is 2.24. The van der Waals surface area contributed by atoms with Gasteiger partial charge in [0.1, 0.15) is 0 Å². The van der Waals surface area contributed by atoms with E-state index in [2.05, 4.69) is 15.3 Å². The summed E-state index contributed by atoms with van der Waals surface area (Å²) < 4.78 is 0. The van der Waals surface area contributed by atoms with Crippen LogP contribution in [-0.2, 0) is 0 Å². The Bertz CT molecular complexity index is 1180. The van der Waals surface area contributed by atoms with Crippen molar-refractivity contribution in [2.24, 2.45) is 0 Å². The highest BCUT2D eigenvalue weighted by molar-refractivity contribution is 7.08. The van der Waals surface area contributed by atoms with Gasteiger partial charge in [-0.1, -0.05) is 29.8 Å². The number of amides is 1. The fourth-order valence-corrected chi connectivity index (χ4v) is 4.69. The van der Waals surface area contributed by atoms with Crippen molar-refractivity contribution in [2.75, 3.05) is 18.4 Å². The zero-order valence-electron chi connectivity index (χ0n) is 16.1. The van der Waals surface area contributed by atoms with E-state index < -0.39 is 0 Å². The lowest BCUT2D eigenvalue weighted by molar-refractivity contribution is 0.0719. The lowest BCUT2D eigenvalue weighted by Crippen LogP contribution is -2.42. The van der Waals surface area contributed by atoms with Crippen molar-refractivity contribution in [1.82, 2.24) is 19.9 Å². The summed E-state index contributed by atoms with van der Waals surface area (Å²) in [5.74, 6) is 0.668. The fraction of sp³-hybridized carbons (Fsp3) is 0.227. The molecule has 8 heteroatoms. The van der Waals surface area contributed by atoms with Gasteiger partial charge in [-0.05, 0) is 30.4 Å². The van der Waals surface area contributed by atoms with Crippen molar-refractivity contribution in [3.63, 3.8) is 0 Å². The first-order valence-corrected chi connectivity index (χ1v) is 11.2. The molecule has 1 fully saturated rings. The predicted octanol–water partition coefficient (Wildman–Crippen LogP) is 5.06. The number of anilines is 1. The van der Waals surface area contributed by atoms with Crippen LogP contribution in [0.2, 0.25) is 5.02 Å². The van der Waals surface area contributed by atoms with E-state index in [0.29, 0.717) is 16.7 Å². The fourth-order valence-electron chi connectivity index (χ4n) is 3.87. The summed E-state index contributed by atoms with van der Waals surface area (Å²) in [4.78, 5) is 26.8. The van der Waals surface area contributed by atoms with Crippen LogP contribution < -0.4 is 5.32 Å². The Labute approximate surface area is 182 Å². The summed E-state index contributed by atoms with van der Waals surface area (Å²) in [7, 11) is 0. The second-order valence-electron chi connectivity index (χ2n) is 7.36. The maximum atomic E-state index is 12.5. The highest BCUT2D eigenvalue weighted by atomic mass is 35.5. The van der Waals surface area contributed by atoms with Gasteiger partial charge in [0.15, 0.2) is 0 Å². The number of benzene rings is 1. The molecule has 2 N–H and O–H groups in total. The number of para-hydroxylation sites is 1. The largest absolute Gasteiger partial charge is 0.360 e. The standard InChI is InChI=1S/C22H20ClN5OS/c23-18-12-25-22(27-20(18)17-11-24-19-4-2-1-3-16(17)19)26-15-5-8-28(9-6-15)21(29)14-7-10-30-13-14/h1-4,7,10-13,15,24H,5-6,8-9H2,(H,25,26,27). The number of halogens is 1. The molecule has 5 rings (SSSR count). The molecule has 6 nitrogen and oxygen atoms in total. The molecule has 1 aliphatic rings. The Morgan fingerprint density at radius 1 is 1.23 bits per heavy atom. The van der Waals surface area contributed by atoms with Crippen LogP contribution in [0.3, 0.4) is 0 Å². The summed E-state index contributed by atoms with van der Waals surface area (Å²) in [6, 6.07) is 10.2. The van der Waals surface area contributed by atoms with E-state index in [1.165, 1.54) is 0 Å². The van der Waals surface area contributed by atoms with Gasteiger partial charge in [-0.15, -0.1) is 0 Å². The molecule has 4 aromatic rings. The number of likely N-dealkylation sites (tertiary alicyclic amines) is 1. The number of nitrogens with zero attached hydrogens (tertiary/aromatic N) is 3. The van der Waals surface area contributed by atoms with Gasteiger partial charge in [0, 0.05) is 47.2 Å². The minimum Gasteiger partial charge on any atom is -0.360 e. The molecule has 0 radical (unpaired) electrons. The van der Waals surface area contributed by atoms with E-state index in [-0.39, 0.29) is 11.9 Å². The van der Waals surface area contributed by atoms with Gasteiger partial charge in [-0.25, -0.2) is 9.97 Å². The van der Waals surface area contributed by atoms with Crippen LogP contribution in [0.15, 0.2) is 53.5 Å². The summed E-state index contributed by atoms with van der Waals surface area (Å²) in [5, 5.41) is 8.85. The van der Waals surface area contributed by atoms with Gasteiger partial charge in [0.25, 0.3) is 5.91 Å². The van der Waals surface area contributed by atoms with Crippen LogP contribution in [0.4, 0.5) is 5.95 Å².